The van der Waals surface area contributed by atoms with Gasteiger partial charge in [-0.2, -0.15) is 8.42 Å². The number of carboxylic acids is 1. The third kappa shape index (κ3) is 18.9. The molecule has 0 rings (SSSR count). The smallest absolute Gasteiger partial charge is 0.394 e. The van der Waals surface area contributed by atoms with Crippen LogP contribution in [0.1, 0.15) is 12.8 Å². The second kappa shape index (κ2) is 8.38. The molecular weight excluding hydrogens is 244 g/mol. The zero-order valence-electron chi connectivity index (χ0n) is 8.35. The van der Waals surface area contributed by atoms with Crippen LogP contribution in [-0.2, 0) is 15.2 Å². The van der Waals surface area contributed by atoms with Gasteiger partial charge in [0.2, 0.25) is 0 Å². The highest BCUT2D eigenvalue weighted by Gasteiger charge is 2.12. The number of carbonyl (C=O) groups is 1. The van der Waals surface area contributed by atoms with E-state index in [1.165, 1.54) is 0 Å². The predicted octanol–water partition coefficient (Wildman–Crippen LogP) is -2.15. The van der Waals surface area contributed by atoms with Crippen molar-refractivity contribution in [3.8, 4) is 0 Å². The molecule has 10 heteroatoms. The molecular formula is C6H16N2O7S. The molecule has 0 heterocycles. The van der Waals surface area contributed by atoms with Gasteiger partial charge >= 0.3 is 16.4 Å². The summed E-state index contributed by atoms with van der Waals surface area (Å²) in [6.07, 6.45) is -0.0436. The summed E-state index contributed by atoms with van der Waals surface area (Å²) < 4.78 is 31.6. The second-order valence-electron chi connectivity index (χ2n) is 2.86. The summed E-state index contributed by atoms with van der Waals surface area (Å²) in [5.74, 6) is -1.05. The van der Waals surface area contributed by atoms with Gasteiger partial charge in [-0.15, -0.1) is 0 Å². The van der Waals surface area contributed by atoms with Crippen molar-refractivity contribution >= 4 is 16.4 Å². The van der Waals surface area contributed by atoms with E-state index in [-0.39, 0.29) is 13.0 Å². The molecule has 0 aromatic rings. The van der Waals surface area contributed by atoms with E-state index >= 15 is 0 Å². The average molecular weight is 260 g/mol. The van der Waals surface area contributed by atoms with Crippen LogP contribution in [0.5, 0.6) is 0 Å². The van der Waals surface area contributed by atoms with Crippen LogP contribution in [0.4, 0.5) is 0 Å². The molecule has 0 amide bonds. The molecule has 0 aromatic heterocycles. The Bertz CT molecular complexity index is 283. The largest absolute Gasteiger partial charge is 0.480 e. The van der Waals surface area contributed by atoms with E-state index in [9.17, 15) is 4.79 Å². The first kappa shape index (κ1) is 17.6. The molecule has 2 atom stereocenters. The Morgan fingerprint density at radius 2 is 1.62 bits per heavy atom. The standard InChI is InChI=1S/C6H14N2O3.H2O4S/c7-3-4(9)1-2-5(8)6(10)11;1-5(2,3)4/h4-5,9H,1-3,7-8H2,(H,10,11);(H2,1,2,3,4). The van der Waals surface area contributed by atoms with Crippen LogP contribution in [0.15, 0.2) is 0 Å². The molecule has 0 fully saturated rings. The first-order valence-electron chi connectivity index (χ1n) is 4.14. The van der Waals surface area contributed by atoms with Crippen LogP contribution >= 0.6 is 0 Å². The van der Waals surface area contributed by atoms with Crippen LogP contribution in [-0.4, -0.2) is 52.4 Å². The Morgan fingerprint density at radius 1 is 1.25 bits per heavy atom. The predicted molar refractivity (Wildman–Crippen MR) is 54.1 cm³/mol. The number of aliphatic carboxylic acids is 1. The van der Waals surface area contributed by atoms with Crippen molar-refractivity contribution in [3.05, 3.63) is 0 Å². The lowest BCUT2D eigenvalue weighted by Crippen LogP contribution is -2.32. The summed E-state index contributed by atoms with van der Waals surface area (Å²) in [7, 11) is -4.67. The fourth-order valence-electron chi connectivity index (χ4n) is 0.613. The number of hydrogen-bond acceptors (Lipinski definition) is 6. The highest BCUT2D eigenvalue weighted by atomic mass is 32.3. The Balaban J connectivity index is 0. The number of aliphatic hydroxyl groups excluding tert-OH is 1. The minimum Gasteiger partial charge on any atom is -0.480 e. The zero-order chi connectivity index (χ0) is 13.4. The third-order valence-corrected chi connectivity index (χ3v) is 1.40. The van der Waals surface area contributed by atoms with E-state index in [0.717, 1.165) is 0 Å². The summed E-state index contributed by atoms with van der Waals surface area (Å²) >= 11 is 0. The molecule has 2 unspecified atom stereocenters. The fraction of sp³-hybridized carbons (Fsp3) is 0.833. The fourth-order valence-corrected chi connectivity index (χ4v) is 0.613. The van der Waals surface area contributed by atoms with E-state index in [0.29, 0.717) is 6.42 Å². The molecule has 16 heavy (non-hydrogen) atoms. The lowest BCUT2D eigenvalue weighted by molar-refractivity contribution is -0.138. The second-order valence-corrected chi connectivity index (χ2v) is 3.76. The minimum atomic E-state index is -4.67. The SMILES string of the molecule is NCC(O)CCC(N)C(=O)O.O=S(=O)(O)O. The van der Waals surface area contributed by atoms with Gasteiger partial charge in [0.15, 0.2) is 0 Å². The maximum absolute atomic E-state index is 10.2. The summed E-state index contributed by atoms with van der Waals surface area (Å²) in [6, 6.07) is -0.892. The van der Waals surface area contributed by atoms with Gasteiger partial charge in [0, 0.05) is 6.54 Å². The van der Waals surface area contributed by atoms with Crippen LogP contribution in [0, 0.1) is 0 Å². The quantitative estimate of drug-likeness (QED) is 0.299. The van der Waals surface area contributed by atoms with Gasteiger partial charge in [-0.3, -0.25) is 13.9 Å². The van der Waals surface area contributed by atoms with Crippen molar-refractivity contribution in [1.82, 2.24) is 0 Å². The van der Waals surface area contributed by atoms with Crippen LogP contribution in [0.25, 0.3) is 0 Å². The van der Waals surface area contributed by atoms with Crippen molar-refractivity contribution in [3.63, 3.8) is 0 Å². The van der Waals surface area contributed by atoms with Crippen LogP contribution in [0.3, 0.4) is 0 Å². The topological polar surface area (TPSA) is 184 Å². The summed E-state index contributed by atoms with van der Waals surface area (Å²) in [4.78, 5) is 10.2. The molecule has 0 saturated heterocycles. The van der Waals surface area contributed by atoms with Gasteiger partial charge in [0.05, 0.1) is 6.10 Å². The molecule has 9 nitrogen and oxygen atoms in total. The molecule has 0 aliphatic carbocycles. The zero-order valence-corrected chi connectivity index (χ0v) is 9.17. The summed E-state index contributed by atoms with van der Waals surface area (Å²) in [6.45, 7) is 0.145. The van der Waals surface area contributed by atoms with Crippen LogP contribution in [0.2, 0.25) is 0 Å². The van der Waals surface area contributed by atoms with Crippen LogP contribution < -0.4 is 11.5 Å². The van der Waals surface area contributed by atoms with Gasteiger partial charge in [-0.1, -0.05) is 0 Å². The van der Waals surface area contributed by atoms with Gasteiger partial charge in [0.1, 0.15) is 6.04 Å². The van der Waals surface area contributed by atoms with E-state index in [1.54, 1.807) is 0 Å². The number of nitrogens with two attached hydrogens (primary N) is 2. The van der Waals surface area contributed by atoms with E-state index in [4.69, 9.17) is 39.2 Å². The van der Waals surface area contributed by atoms with Gasteiger partial charge in [-0.05, 0) is 12.8 Å². The van der Waals surface area contributed by atoms with E-state index in [1.807, 2.05) is 0 Å². The highest BCUT2D eigenvalue weighted by molar-refractivity contribution is 7.79. The van der Waals surface area contributed by atoms with E-state index < -0.39 is 28.5 Å². The third-order valence-electron chi connectivity index (χ3n) is 1.40. The summed E-state index contributed by atoms with van der Waals surface area (Å²) in [5.41, 5.74) is 10.3. The maximum atomic E-state index is 10.2. The Labute approximate surface area is 92.6 Å². The normalized spacial score (nSPS) is 14.6. The Morgan fingerprint density at radius 3 is 1.88 bits per heavy atom. The molecule has 0 spiro atoms. The van der Waals surface area contributed by atoms with Gasteiger partial charge < -0.3 is 21.7 Å². The maximum Gasteiger partial charge on any atom is 0.394 e. The first-order valence-corrected chi connectivity index (χ1v) is 5.54. The Hall–Kier alpha value is -0.780. The van der Waals surface area contributed by atoms with Gasteiger partial charge in [-0.25, -0.2) is 0 Å². The number of hydrogen-bond donors (Lipinski definition) is 6. The lowest BCUT2D eigenvalue weighted by atomic mass is 10.1. The number of aliphatic hydroxyl groups is 1. The lowest BCUT2D eigenvalue weighted by Gasteiger charge is -2.09. The molecule has 8 N–H and O–H groups in total. The number of carboxylic acid groups (broad SMARTS) is 1. The Kier molecular flexibility index (Phi) is 9.22. The van der Waals surface area contributed by atoms with Crippen molar-refractivity contribution in [2.24, 2.45) is 11.5 Å². The van der Waals surface area contributed by atoms with Crippen molar-refractivity contribution in [2.75, 3.05) is 6.54 Å². The van der Waals surface area contributed by atoms with Gasteiger partial charge in [0.25, 0.3) is 0 Å². The van der Waals surface area contributed by atoms with Crippen molar-refractivity contribution in [1.29, 1.82) is 0 Å². The number of rotatable bonds is 5. The molecule has 0 saturated carbocycles. The molecule has 0 aliphatic heterocycles. The molecule has 0 bridgehead atoms. The minimum absolute atomic E-state index is 0.145. The molecule has 98 valence electrons. The molecule has 0 aromatic carbocycles. The van der Waals surface area contributed by atoms with Crippen molar-refractivity contribution < 1.29 is 32.5 Å². The van der Waals surface area contributed by atoms with Crippen molar-refractivity contribution in [2.45, 2.75) is 25.0 Å². The first-order chi connectivity index (χ1) is 7.07. The molecule has 0 aliphatic rings. The molecule has 0 radical (unpaired) electrons. The highest BCUT2D eigenvalue weighted by Crippen LogP contribution is 1.98. The average Bonchev–Trinajstić information content (AvgIpc) is 2.10. The monoisotopic (exact) mass is 260 g/mol. The summed E-state index contributed by atoms with van der Waals surface area (Å²) in [5, 5.41) is 17.2. The van der Waals surface area contributed by atoms with E-state index in [2.05, 4.69) is 0 Å².